The minimum Gasteiger partial charge on any atom is -0.294 e. The lowest BCUT2D eigenvalue weighted by Crippen LogP contribution is -2.43. The van der Waals surface area contributed by atoms with Gasteiger partial charge in [-0.05, 0) is 38.0 Å². The molecule has 2 N–H and O–H groups in total. The van der Waals surface area contributed by atoms with E-state index in [2.05, 4.69) is 4.72 Å². The van der Waals surface area contributed by atoms with Gasteiger partial charge < -0.3 is 0 Å². The van der Waals surface area contributed by atoms with Gasteiger partial charge in [-0.2, -0.15) is 4.72 Å². The van der Waals surface area contributed by atoms with E-state index in [0.29, 0.717) is 18.5 Å². The zero-order valence-electron chi connectivity index (χ0n) is 10.5. The van der Waals surface area contributed by atoms with E-state index in [1.54, 1.807) is 6.92 Å². The predicted molar refractivity (Wildman–Crippen MR) is 68.4 cm³/mol. The summed E-state index contributed by atoms with van der Waals surface area (Å²) in [5.41, 5.74) is 0.301. The van der Waals surface area contributed by atoms with Crippen LogP contribution in [0.2, 0.25) is 0 Å². The molecule has 1 heterocycles. The molecule has 0 bridgehead atoms. The maximum Gasteiger partial charge on any atom is 0.233 e. The molecule has 1 saturated heterocycles. The first kappa shape index (κ1) is 14.5. The smallest absolute Gasteiger partial charge is 0.233 e. The fourth-order valence-electron chi connectivity index (χ4n) is 2.57. The second-order valence-corrected chi connectivity index (χ2v) is 5.34. The second-order valence-electron chi connectivity index (χ2n) is 4.60. The monoisotopic (exact) mass is 290 g/mol. The van der Waals surface area contributed by atoms with Gasteiger partial charge >= 0.3 is 0 Å². The van der Waals surface area contributed by atoms with Gasteiger partial charge in [0.05, 0.1) is 6.17 Å². The fourth-order valence-corrected chi connectivity index (χ4v) is 3.00. The zero-order valence-corrected chi connectivity index (χ0v) is 11.3. The molecule has 0 amide bonds. The Labute approximate surface area is 113 Å². The molecule has 0 spiro atoms. The summed E-state index contributed by atoms with van der Waals surface area (Å²) in [7, 11) is 0. The van der Waals surface area contributed by atoms with Gasteiger partial charge in [-0.25, -0.2) is 13.0 Å². The second kappa shape index (κ2) is 6.04. The Morgan fingerprint density at radius 3 is 2.95 bits per heavy atom. The normalized spacial score (nSPS) is 23.5. The fraction of sp³-hybridized carbons (Fsp3) is 0.500. The van der Waals surface area contributed by atoms with Crippen LogP contribution in [0.5, 0.6) is 0 Å². The Kier molecular flexibility index (Phi) is 4.62. The molecule has 4 nitrogen and oxygen atoms in total. The topological polar surface area (TPSA) is 52.6 Å². The SMILES string of the molecule is CC(NS(=O)O)N1CCC[C@@H]1c1cc(F)ccc1F. The molecule has 1 fully saturated rings. The zero-order chi connectivity index (χ0) is 14.0. The molecule has 7 heteroatoms. The van der Waals surface area contributed by atoms with E-state index in [0.717, 1.165) is 18.6 Å². The number of nitrogens with one attached hydrogen (secondary N) is 1. The Hall–Kier alpha value is -0.890. The minimum absolute atomic E-state index is 0.276. The van der Waals surface area contributed by atoms with E-state index in [1.165, 1.54) is 6.07 Å². The summed E-state index contributed by atoms with van der Waals surface area (Å²) in [6.07, 6.45) is 1.15. The minimum atomic E-state index is -2.13. The molecule has 1 aliphatic heterocycles. The van der Waals surface area contributed by atoms with Crippen molar-refractivity contribution in [2.45, 2.75) is 32.0 Å². The van der Waals surface area contributed by atoms with Gasteiger partial charge in [0.2, 0.25) is 11.3 Å². The van der Waals surface area contributed by atoms with Crippen molar-refractivity contribution in [2.75, 3.05) is 6.54 Å². The third-order valence-electron chi connectivity index (χ3n) is 3.38. The molecule has 3 atom stereocenters. The third kappa shape index (κ3) is 3.36. The maximum absolute atomic E-state index is 13.8. The number of likely N-dealkylation sites (tertiary alicyclic amines) is 1. The van der Waals surface area contributed by atoms with Gasteiger partial charge in [-0.1, -0.05) is 0 Å². The van der Waals surface area contributed by atoms with E-state index in [9.17, 15) is 13.0 Å². The molecule has 0 aromatic heterocycles. The molecule has 1 aromatic rings. The molecular weight excluding hydrogens is 274 g/mol. The van der Waals surface area contributed by atoms with Gasteiger partial charge in [0, 0.05) is 18.2 Å². The van der Waals surface area contributed by atoms with Gasteiger partial charge in [-0.15, -0.1) is 0 Å². The highest BCUT2D eigenvalue weighted by Gasteiger charge is 2.32. The van der Waals surface area contributed by atoms with E-state index in [-0.39, 0.29) is 12.2 Å². The molecular formula is C12H16F2N2O2S. The summed E-state index contributed by atoms with van der Waals surface area (Å²) in [6.45, 7) is 2.40. The van der Waals surface area contributed by atoms with Crippen molar-refractivity contribution in [2.24, 2.45) is 0 Å². The van der Waals surface area contributed by atoms with Crippen LogP contribution in [0, 0.1) is 11.6 Å². The number of nitrogens with zero attached hydrogens (tertiary/aromatic N) is 1. The maximum atomic E-state index is 13.8. The largest absolute Gasteiger partial charge is 0.294 e. The summed E-state index contributed by atoms with van der Waals surface area (Å²) >= 11 is -2.13. The van der Waals surface area contributed by atoms with Crippen molar-refractivity contribution in [3.63, 3.8) is 0 Å². The van der Waals surface area contributed by atoms with Crippen LogP contribution >= 0.6 is 0 Å². The third-order valence-corrected chi connectivity index (χ3v) is 3.92. The molecule has 2 rings (SSSR count). The first-order chi connectivity index (χ1) is 8.99. The van der Waals surface area contributed by atoms with Crippen LogP contribution in [0.3, 0.4) is 0 Å². The van der Waals surface area contributed by atoms with Crippen LogP contribution in [0.4, 0.5) is 8.78 Å². The van der Waals surface area contributed by atoms with Crippen LogP contribution in [0.15, 0.2) is 18.2 Å². The summed E-state index contributed by atoms with van der Waals surface area (Å²) in [5, 5.41) is 0. The molecule has 1 aromatic carbocycles. The number of hydrogen-bond acceptors (Lipinski definition) is 2. The number of benzene rings is 1. The first-order valence-corrected chi connectivity index (χ1v) is 7.17. The summed E-state index contributed by atoms with van der Waals surface area (Å²) < 4.78 is 49.1. The van der Waals surface area contributed by atoms with E-state index in [1.807, 2.05) is 4.90 Å². The lowest BCUT2D eigenvalue weighted by molar-refractivity contribution is 0.179. The van der Waals surface area contributed by atoms with Crippen molar-refractivity contribution >= 4 is 11.3 Å². The number of hydrogen-bond donors (Lipinski definition) is 2. The molecule has 0 radical (unpaired) electrons. The van der Waals surface area contributed by atoms with Crippen LogP contribution in [-0.2, 0) is 11.3 Å². The molecule has 2 unspecified atom stereocenters. The van der Waals surface area contributed by atoms with Gasteiger partial charge in [0.1, 0.15) is 11.6 Å². The van der Waals surface area contributed by atoms with E-state index in [4.69, 9.17) is 4.55 Å². The summed E-state index contributed by atoms with van der Waals surface area (Å²) in [5.74, 6) is -0.926. The molecule has 0 aliphatic carbocycles. The Bertz CT molecular complexity index is 487. The summed E-state index contributed by atoms with van der Waals surface area (Å²) in [4.78, 5) is 1.87. The highest BCUT2D eigenvalue weighted by molar-refractivity contribution is 7.77. The quantitative estimate of drug-likeness (QED) is 0.836. The average Bonchev–Trinajstić information content (AvgIpc) is 2.80. The lowest BCUT2D eigenvalue weighted by atomic mass is 10.0. The van der Waals surface area contributed by atoms with Crippen molar-refractivity contribution in [3.05, 3.63) is 35.4 Å². The first-order valence-electron chi connectivity index (χ1n) is 6.06. The van der Waals surface area contributed by atoms with Crippen LogP contribution in [0.25, 0.3) is 0 Å². The average molecular weight is 290 g/mol. The van der Waals surface area contributed by atoms with Crippen molar-refractivity contribution in [3.8, 4) is 0 Å². The summed E-state index contributed by atoms with van der Waals surface area (Å²) in [6, 6.07) is 3.12. The van der Waals surface area contributed by atoms with Crippen molar-refractivity contribution in [1.29, 1.82) is 0 Å². The Morgan fingerprint density at radius 1 is 1.53 bits per heavy atom. The molecule has 1 aliphatic rings. The molecule has 106 valence electrons. The van der Waals surface area contributed by atoms with Crippen LogP contribution < -0.4 is 4.72 Å². The van der Waals surface area contributed by atoms with Crippen molar-refractivity contribution in [1.82, 2.24) is 9.62 Å². The predicted octanol–water partition coefficient (Wildman–Crippen LogP) is 2.17. The highest BCUT2D eigenvalue weighted by Crippen LogP contribution is 2.34. The van der Waals surface area contributed by atoms with E-state index >= 15 is 0 Å². The lowest BCUT2D eigenvalue weighted by Gasteiger charge is -2.30. The van der Waals surface area contributed by atoms with Gasteiger partial charge in [0.25, 0.3) is 0 Å². The van der Waals surface area contributed by atoms with Crippen molar-refractivity contribution < 1.29 is 17.5 Å². The number of halogens is 2. The highest BCUT2D eigenvalue weighted by atomic mass is 32.2. The van der Waals surface area contributed by atoms with Gasteiger partial charge in [-0.3, -0.25) is 9.45 Å². The van der Waals surface area contributed by atoms with Crippen LogP contribution in [-0.4, -0.2) is 26.4 Å². The number of rotatable bonds is 4. The Morgan fingerprint density at radius 2 is 2.26 bits per heavy atom. The standard InChI is InChI=1S/C12H16F2N2O2S/c1-8(15-19(17)18)16-6-2-3-12(16)10-7-9(13)4-5-11(10)14/h4-5,7-8,12,15H,2-3,6H2,1H3,(H,17,18)/t8?,12-/m1/s1. The molecule has 19 heavy (non-hydrogen) atoms. The molecule has 0 saturated carbocycles. The Balaban J connectivity index is 2.22. The van der Waals surface area contributed by atoms with E-state index < -0.39 is 22.9 Å². The van der Waals surface area contributed by atoms with Gasteiger partial charge in [0.15, 0.2) is 0 Å². The van der Waals surface area contributed by atoms with Crippen LogP contribution in [0.1, 0.15) is 31.4 Å².